The summed E-state index contributed by atoms with van der Waals surface area (Å²) in [5, 5.41) is 0. The molecule has 6 rings (SSSR count). The molecule has 3 heteroatoms. The topological polar surface area (TPSA) is 23.6 Å². The van der Waals surface area contributed by atoms with Crippen molar-refractivity contribution in [2.75, 3.05) is 13.1 Å². The summed E-state index contributed by atoms with van der Waals surface area (Å²) in [5.41, 5.74) is 9.17. The number of fused-ring (bicyclic) bond motifs is 2. The minimum absolute atomic E-state index is 0.0915. The zero-order valence-electron chi connectivity index (χ0n) is 21.5. The second-order valence-corrected chi connectivity index (χ2v) is 10.6. The third-order valence-corrected chi connectivity index (χ3v) is 8.10. The second-order valence-electron chi connectivity index (χ2n) is 10.6. The number of carbonyl (C=O) groups is 1. The first-order valence-corrected chi connectivity index (χ1v) is 13.4. The molecule has 1 aliphatic carbocycles. The quantitative estimate of drug-likeness (QED) is 0.327. The lowest BCUT2D eigenvalue weighted by molar-refractivity contribution is -0.135. The summed E-state index contributed by atoms with van der Waals surface area (Å²) < 4.78 is 0. The Bertz CT molecular complexity index is 1350. The van der Waals surface area contributed by atoms with Crippen molar-refractivity contribution in [2.45, 2.75) is 44.8 Å². The molecule has 0 fully saturated rings. The fourth-order valence-corrected chi connectivity index (χ4v) is 6.15. The van der Waals surface area contributed by atoms with Crippen LogP contribution in [-0.4, -0.2) is 34.8 Å². The van der Waals surface area contributed by atoms with Crippen molar-refractivity contribution in [3.8, 4) is 0 Å². The third kappa shape index (κ3) is 4.97. The summed E-state index contributed by atoms with van der Waals surface area (Å²) in [6.45, 7) is 4.08. The number of nitrogens with zero attached hydrogens (tertiary/aromatic N) is 2. The van der Waals surface area contributed by atoms with E-state index in [-0.39, 0.29) is 18.0 Å². The van der Waals surface area contributed by atoms with Gasteiger partial charge in [0, 0.05) is 19.1 Å². The van der Waals surface area contributed by atoms with E-state index in [2.05, 4.69) is 114 Å². The van der Waals surface area contributed by atoms with E-state index in [0.717, 1.165) is 25.8 Å². The average Bonchev–Trinajstić information content (AvgIpc) is 3.37. The summed E-state index contributed by atoms with van der Waals surface area (Å²) in [6, 6.07) is 37.0. The zero-order valence-corrected chi connectivity index (χ0v) is 21.5. The maximum atomic E-state index is 14.2. The molecule has 0 N–H and O–H groups in total. The van der Waals surface area contributed by atoms with Crippen molar-refractivity contribution in [1.82, 2.24) is 9.80 Å². The van der Waals surface area contributed by atoms with E-state index in [1.165, 1.54) is 38.9 Å². The largest absolute Gasteiger partial charge is 0.334 e. The zero-order chi connectivity index (χ0) is 25.2. The van der Waals surface area contributed by atoms with Crippen LogP contribution in [0.15, 0.2) is 103 Å². The lowest BCUT2D eigenvalue weighted by atomic mass is 9.88. The van der Waals surface area contributed by atoms with Crippen LogP contribution in [0.2, 0.25) is 0 Å². The van der Waals surface area contributed by atoms with Crippen molar-refractivity contribution in [2.24, 2.45) is 0 Å². The Balaban J connectivity index is 1.30. The molecule has 186 valence electrons. The van der Waals surface area contributed by atoms with Gasteiger partial charge in [-0.05, 0) is 59.6 Å². The van der Waals surface area contributed by atoms with E-state index in [1.807, 2.05) is 6.07 Å². The molecule has 0 bridgehead atoms. The first kappa shape index (κ1) is 23.7. The van der Waals surface area contributed by atoms with Gasteiger partial charge in [0.1, 0.15) is 0 Å². The van der Waals surface area contributed by atoms with E-state index >= 15 is 0 Å². The monoisotopic (exact) mass is 486 g/mol. The Morgan fingerprint density at radius 1 is 0.784 bits per heavy atom. The van der Waals surface area contributed by atoms with Crippen LogP contribution >= 0.6 is 0 Å². The van der Waals surface area contributed by atoms with Gasteiger partial charge in [0.05, 0.1) is 12.6 Å². The van der Waals surface area contributed by atoms with Crippen molar-refractivity contribution in [3.05, 3.63) is 142 Å². The number of amides is 1. The highest BCUT2D eigenvalue weighted by molar-refractivity contribution is 5.79. The average molecular weight is 487 g/mol. The van der Waals surface area contributed by atoms with Crippen LogP contribution in [0.1, 0.15) is 45.0 Å². The highest BCUT2D eigenvalue weighted by atomic mass is 16.2. The number of benzene rings is 4. The van der Waals surface area contributed by atoms with Gasteiger partial charge in [-0.3, -0.25) is 9.69 Å². The van der Waals surface area contributed by atoms with Crippen LogP contribution < -0.4 is 0 Å². The van der Waals surface area contributed by atoms with Crippen LogP contribution in [0.25, 0.3) is 0 Å². The Labute approximate surface area is 220 Å². The minimum Gasteiger partial charge on any atom is -0.334 e. The Morgan fingerprint density at radius 3 is 2.11 bits per heavy atom. The molecule has 0 spiro atoms. The smallest absolute Gasteiger partial charge is 0.237 e. The van der Waals surface area contributed by atoms with Gasteiger partial charge in [-0.15, -0.1) is 0 Å². The molecule has 1 aliphatic heterocycles. The maximum Gasteiger partial charge on any atom is 0.237 e. The molecule has 3 nitrogen and oxygen atoms in total. The number of hydrogen-bond donors (Lipinski definition) is 0. The molecule has 1 amide bonds. The van der Waals surface area contributed by atoms with Gasteiger partial charge < -0.3 is 4.90 Å². The number of carbonyl (C=O) groups excluding carboxylic acids is 1. The molecule has 2 aliphatic rings. The van der Waals surface area contributed by atoms with Gasteiger partial charge >= 0.3 is 0 Å². The van der Waals surface area contributed by atoms with Gasteiger partial charge in [0.25, 0.3) is 0 Å². The Kier molecular flexibility index (Phi) is 6.63. The number of aryl methyl sites for hydroxylation is 1. The van der Waals surface area contributed by atoms with E-state index in [1.54, 1.807) is 0 Å². The van der Waals surface area contributed by atoms with E-state index < -0.39 is 0 Å². The molecule has 0 radical (unpaired) electrons. The maximum absolute atomic E-state index is 14.2. The lowest BCUT2D eigenvalue weighted by Crippen LogP contribution is -2.48. The number of hydrogen-bond acceptors (Lipinski definition) is 2. The van der Waals surface area contributed by atoms with Gasteiger partial charge in [-0.25, -0.2) is 0 Å². The van der Waals surface area contributed by atoms with Crippen LogP contribution in [0.5, 0.6) is 0 Å². The fraction of sp³-hybridized carbons (Fsp3) is 0.265. The van der Waals surface area contributed by atoms with Gasteiger partial charge in [0.2, 0.25) is 5.91 Å². The predicted molar refractivity (Wildman–Crippen MR) is 149 cm³/mol. The minimum atomic E-state index is 0.0915. The first-order chi connectivity index (χ1) is 18.2. The second kappa shape index (κ2) is 10.4. The van der Waals surface area contributed by atoms with Gasteiger partial charge in [-0.1, -0.05) is 109 Å². The number of rotatable bonds is 6. The molecule has 1 unspecified atom stereocenters. The Hall–Kier alpha value is -3.69. The van der Waals surface area contributed by atoms with Crippen molar-refractivity contribution < 1.29 is 4.79 Å². The SMILES string of the molecule is Cc1ccc(C2c3ccccc3CCN2CC(=O)N(Cc2ccccc2)C2Cc3ccccc3C2)cc1. The molecule has 0 saturated heterocycles. The van der Waals surface area contributed by atoms with Crippen LogP contribution in [0, 0.1) is 6.92 Å². The third-order valence-electron chi connectivity index (χ3n) is 8.10. The summed E-state index contributed by atoms with van der Waals surface area (Å²) >= 11 is 0. The summed E-state index contributed by atoms with van der Waals surface area (Å²) in [6.07, 6.45) is 2.83. The molecule has 4 aromatic carbocycles. The van der Waals surface area contributed by atoms with E-state index in [9.17, 15) is 4.79 Å². The van der Waals surface area contributed by atoms with Crippen molar-refractivity contribution in [1.29, 1.82) is 0 Å². The van der Waals surface area contributed by atoms with Crippen LogP contribution in [0.3, 0.4) is 0 Å². The molecule has 0 saturated carbocycles. The molecule has 4 aromatic rings. The molecule has 1 atom stereocenters. The summed E-state index contributed by atoms with van der Waals surface area (Å²) in [7, 11) is 0. The van der Waals surface area contributed by atoms with Crippen LogP contribution in [-0.2, 0) is 30.6 Å². The molecule has 0 aromatic heterocycles. The molecule has 1 heterocycles. The Morgan fingerprint density at radius 2 is 1.41 bits per heavy atom. The van der Waals surface area contributed by atoms with Crippen LogP contribution in [0.4, 0.5) is 0 Å². The standard InChI is InChI=1S/C34H34N2O/c1-25-15-17-28(18-16-25)34-32-14-8-7-11-27(32)19-20-35(34)24-33(37)36(23-26-9-3-2-4-10-26)31-21-29-12-5-6-13-30(29)22-31/h2-18,31,34H,19-24H2,1H3. The lowest BCUT2D eigenvalue weighted by Gasteiger charge is -2.39. The normalized spacial score (nSPS) is 17.3. The molecular formula is C34H34N2O. The molecule has 37 heavy (non-hydrogen) atoms. The highest BCUT2D eigenvalue weighted by Gasteiger charge is 2.34. The first-order valence-electron chi connectivity index (χ1n) is 13.4. The predicted octanol–water partition coefficient (Wildman–Crippen LogP) is 6.14. The molecular weight excluding hydrogens is 452 g/mol. The van der Waals surface area contributed by atoms with Crippen molar-refractivity contribution >= 4 is 5.91 Å². The van der Waals surface area contributed by atoms with E-state index in [4.69, 9.17) is 0 Å². The van der Waals surface area contributed by atoms with Crippen molar-refractivity contribution in [3.63, 3.8) is 0 Å². The van der Waals surface area contributed by atoms with Gasteiger partial charge in [0.15, 0.2) is 0 Å². The highest BCUT2D eigenvalue weighted by Crippen LogP contribution is 2.35. The summed E-state index contributed by atoms with van der Waals surface area (Å²) in [5.74, 6) is 0.221. The fourth-order valence-electron chi connectivity index (χ4n) is 6.15. The summed E-state index contributed by atoms with van der Waals surface area (Å²) in [4.78, 5) is 18.7. The van der Waals surface area contributed by atoms with Gasteiger partial charge in [-0.2, -0.15) is 0 Å². The van der Waals surface area contributed by atoms with E-state index in [0.29, 0.717) is 13.1 Å².